The van der Waals surface area contributed by atoms with Gasteiger partial charge < -0.3 is 14.5 Å². The van der Waals surface area contributed by atoms with Crippen molar-refractivity contribution in [1.29, 1.82) is 0 Å². The van der Waals surface area contributed by atoms with Crippen molar-refractivity contribution < 1.29 is 22.7 Å². The average Bonchev–Trinajstić information content (AvgIpc) is 3.52. The molecule has 3 aromatic rings. The highest BCUT2D eigenvalue weighted by Crippen LogP contribution is 2.53. The molecule has 0 bridgehead atoms. The number of benzene rings is 1. The van der Waals surface area contributed by atoms with Gasteiger partial charge >= 0.3 is 12.3 Å². The summed E-state index contributed by atoms with van der Waals surface area (Å²) in [5.74, 6) is 1.40. The number of fused-ring (bicyclic) bond motifs is 1. The topological polar surface area (TPSA) is 58.6 Å². The Morgan fingerprint density at radius 2 is 1.89 bits per heavy atom. The first kappa shape index (κ1) is 23.5. The Bertz CT molecular complexity index is 1270. The van der Waals surface area contributed by atoms with Crippen LogP contribution in [0.1, 0.15) is 35.3 Å². The normalized spacial score (nSPS) is 24.1. The molecule has 2 saturated heterocycles. The molecule has 3 aliphatic rings. The van der Waals surface area contributed by atoms with Gasteiger partial charge in [-0.15, -0.1) is 11.3 Å². The maximum atomic E-state index is 12.9. The van der Waals surface area contributed by atoms with Crippen molar-refractivity contribution in [2.45, 2.75) is 44.8 Å². The Labute approximate surface area is 211 Å². The summed E-state index contributed by atoms with van der Waals surface area (Å²) in [5, 5.41) is 0.733. The van der Waals surface area contributed by atoms with Crippen LogP contribution in [0.3, 0.4) is 0 Å². The molecule has 1 aliphatic carbocycles. The van der Waals surface area contributed by atoms with Gasteiger partial charge in [0.2, 0.25) is 0 Å². The molecule has 0 atom stereocenters. The number of halogens is 3. The first-order valence-corrected chi connectivity index (χ1v) is 13.1. The van der Waals surface area contributed by atoms with E-state index in [0.717, 1.165) is 66.9 Å². The lowest BCUT2D eigenvalue weighted by Crippen LogP contribution is -2.40. The third-order valence-corrected chi connectivity index (χ3v) is 8.72. The van der Waals surface area contributed by atoms with E-state index < -0.39 is 12.6 Å². The van der Waals surface area contributed by atoms with Crippen molar-refractivity contribution in [3.63, 3.8) is 0 Å². The fourth-order valence-corrected chi connectivity index (χ4v) is 7.11. The number of thiophene rings is 1. The van der Waals surface area contributed by atoms with Gasteiger partial charge in [-0.2, -0.15) is 13.2 Å². The van der Waals surface area contributed by atoms with Crippen LogP contribution in [-0.4, -0.2) is 53.4 Å². The van der Waals surface area contributed by atoms with Crippen LogP contribution in [0, 0.1) is 11.3 Å². The van der Waals surface area contributed by atoms with E-state index in [4.69, 9.17) is 4.74 Å². The van der Waals surface area contributed by atoms with Gasteiger partial charge in [0.05, 0.1) is 18.4 Å². The third-order valence-electron chi connectivity index (χ3n) is 7.68. The second kappa shape index (κ2) is 8.90. The predicted octanol–water partition coefficient (Wildman–Crippen LogP) is 5.60. The van der Waals surface area contributed by atoms with Gasteiger partial charge in [0, 0.05) is 24.5 Å². The van der Waals surface area contributed by atoms with E-state index in [0.29, 0.717) is 30.4 Å². The molecule has 4 heterocycles. The zero-order valence-electron chi connectivity index (χ0n) is 19.8. The molecule has 2 aliphatic heterocycles. The lowest BCUT2D eigenvalue weighted by molar-refractivity contribution is -0.126. The zero-order valence-corrected chi connectivity index (χ0v) is 20.6. The fraction of sp³-hybridized carbons (Fsp3) is 0.500. The van der Waals surface area contributed by atoms with E-state index in [1.807, 2.05) is 0 Å². The van der Waals surface area contributed by atoms with Crippen molar-refractivity contribution in [2.24, 2.45) is 11.3 Å². The molecule has 1 saturated carbocycles. The molecule has 1 aromatic carbocycles. The van der Waals surface area contributed by atoms with Gasteiger partial charge in [0.1, 0.15) is 23.6 Å². The number of alkyl halides is 3. The van der Waals surface area contributed by atoms with E-state index in [1.54, 1.807) is 11.0 Å². The zero-order chi connectivity index (χ0) is 24.9. The Morgan fingerprint density at radius 1 is 1.11 bits per heavy atom. The van der Waals surface area contributed by atoms with Crippen molar-refractivity contribution >= 4 is 33.5 Å². The summed E-state index contributed by atoms with van der Waals surface area (Å²) in [5.41, 5.74) is 2.69. The van der Waals surface area contributed by atoms with E-state index in [-0.39, 0.29) is 16.4 Å². The standard InChI is InChI=1S/C26H27F3N4O2S/c27-26(28,29)13-20-10-21-22(30-16-31-23(21)36-20)33-6-5-25(15-33)11-19(12-25)9-17-1-3-18(4-2-17)14-32-7-8-35-24(32)34/h1-4,10,16,19H,5-9,11-15H2. The molecule has 1 amide bonds. The minimum Gasteiger partial charge on any atom is -0.448 e. The van der Waals surface area contributed by atoms with E-state index >= 15 is 0 Å². The summed E-state index contributed by atoms with van der Waals surface area (Å²) in [7, 11) is 0. The van der Waals surface area contributed by atoms with Crippen molar-refractivity contribution in [2.75, 3.05) is 31.1 Å². The number of cyclic esters (lactones) is 1. The molecular weight excluding hydrogens is 489 g/mol. The highest BCUT2D eigenvalue weighted by atomic mass is 32.1. The predicted molar refractivity (Wildman–Crippen MR) is 131 cm³/mol. The molecule has 10 heteroatoms. The number of aromatic nitrogens is 2. The Balaban J connectivity index is 1.06. The molecule has 6 nitrogen and oxygen atoms in total. The third kappa shape index (κ3) is 4.75. The number of carbonyl (C=O) groups is 1. The molecule has 36 heavy (non-hydrogen) atoms. The number of nitrogens with zero attached hydrogens (tertiary/aromatic N) is 4. The number of ether oxygens (including phenoxy) is 1. The molecule has 190 valence electrons. The highest BCUT2D eigenvalue weighted by molar-refractivity contribution is 7.18. The Hall–Kier alpha value is -2.88. The number of carbonyl (C=O) groups excluding carboxylic acids is 1. The summed E-state index contributed by atoms with van der Waals surface area (Å²) in [4.78, 5) is 25.2. The van der Waals surface area contributed by atoms with Crippen LogP contribution in [0.2, 0.25) is 0 Å². The highest BCUT2D eigenvalue weighted by Gasteiger charge is 2.48. The van der Waals surface area contributed by atoms with Gasteiger partial charge in [-0.25, -0.2) is 14.8 Å². The van der Waals surface area contributed by atoms with Gasteiger partial charge in [-0.3, -0.25) is 0 Å². The van der Waals surface area contributed by atoms with Crippen molar-refractivity contribution in [1.82, 2.24) is 14.9 Å². The van der Waals surface area contributed by atoms with E-state index in [2.05, 4.69) is 39.1 Å². The smallest absolute Gasteiger partial charge is 0.410 e. The minimum absolute atomic E-state index is 0.243. The number of hydrogen-bond acceptors (Lipinski definition) is 6. The van der Waals surface area contributed by atoms with Crippen LogP contribution < -0.4 is 4.90 Å². The Kier molecular flexibility index (Phi) is 5.81. The van der Waals surface area contributed by atoms with Crippen LogP contribution in [-0.2, 0) is 24.1 Å². The largest absolute Gasteiger partial charge is 0.448 e. The second-order valence-electron chi connectivity index (χ2n) is 10.4. The Morgan fingerprint density at radius 3 is 2.61 bits per heavy atom. The molecular formula is C26H27F3N4O2S. The van der Waals surface area contributed by atoms with Crippen LogP contribution in [0.5, 0.6) is 0 Å². The number of anilines is 1. The number of amides is 1. The summed E-state index contributed by atoms with van der Waals surface area (Å²) >= 11 is 1.10. The molecule has 0 radical (unpaired) electrons. The first-order chi connectivity index (χ1) is 17.3. The van der Waals surface area contributed by atoms with Gasteiger partial charge in [-0.1, -0.05) is 24.3 Å². The minimum atomic E-state index is -4.23. The molecule has 3 fully saturated rings. The SMILES string of the molecule is O=C1OCCN1Cc1ccc(CC2CC3(CCN(c4ncnc5sc(CC(F)(F)F)cc45)C3)C2)cc1. The average molecular weight is 517 g/mol. The molecule has 6 rings (SSSR count). The van der Waals surface area contributed by atoms with Gasteiger partial charge in [0.15, 0.2) is 0 Å². The number of hydrogen-bond donors (Lipinski definition) is 0. The molecule has 0 unspecified atom stereocenters. The first-order valence-electron chi connectivity index (χ1n) is 12.3. The quantitative estimate of drug-likeness (QED) is 0.427. The number of rotatable bonds is 6. The summed E-state index contributed by atoms with van der Waals surface area (Å²) in [6, 6.07) is 10.1. The van der Waals surface area contributed by atoms with Crippen LogP contribution >= 0.6 is 11.3 Å². The monoisotopic (exact) mass is 516 g/mol. The maximum Gasteiger partial charge on any atom is 0.410 e. The summed E-state index contributed by atoms with van der Waals surface area (Å²) in [6.45, 7) is 3.46. The molecule has 0 N–H and O–H groups in total. The van der Waals surface area contributed by atoms with E-state index in [1.165, 1.54) is 11.9 Å². The fourth-order valence-electron chi connectivity index (χ4n) is 6.09. The molecule has 2 aromatic heterocycles. The van der Waals surface area contributed by atoms with Gasteiger partial charge in [-0.05, 0) is 54.2 Å². The summed E-state index contributed by atoms with van der Waals surface area (Å²) < 4.78 is 43.6. The van der Waals surface area contributed by atoms with Crippen molar-refractivity contribution in [3.8, 4) is 0 Å². The second-order valence-corrected chi connectivity index (χ2v) is 11.5. The summed E-state index contributed by atoms with van der Waals surface area (Å²) in [6.07, 6.45) is 0.504. The van der Waals surface area contributed by atoms with Crippen LogP contribution in [0.25, 0.3) is 10.2 Å². The maximum absolute atomic E-state index is 12.9. The van der Waals surface area contributed by atoms with Gasteiger partial charge in [0.25, 0.3) is 0 Å². The van der Waals surface area contributed by atoms with Crippen LogP contribution in [0.4, 0.5) is 23.8 Å². The van der Waals surface area contributed by atoms with E-state index in [9.17, 15) is 18.0 Å². The lowest BCUT2D eigenvalue weighted by atomic mass is 9.60. The van der Waals surface area contributed by atoms with Crippen molar-refractivity contribution in [3.05, 3.63) is 52.7 Å². The lowest BCUT2D eigenvalue weighted by Gasteiger charge is -2.45. The van der Waals surface area contributed by atoms with Crippen LogP contribution in [0.15, 0.2) is 36.7 Å². The molecule has 1 spiro atoms.